The quantitative estimate of drug-likeness (QED) is 0.694. The molecule has 1 aliphatic rings. The van der Waals surface area contributed by atoms with Gasteiger partial charge in [-0.15, -0.1) is 0 Å². The molecule has 14 heavy (non-hydrogen) atoms. The molecular weight excluding hydrogens is 178 g/mol. The first-order valence-electron chi connectivity index (χ1n) is 4.69. The SMILES string of the molecule is Cc1nn(C)c(N2CCCN2)c1C#N. The predicted octanol–water partition coefficient (Wildman–Crippen LogP) is 0.315. The Morgan fingerprint density at radius 3 is 2.93 bits per heavy atom. The highest BCUT2D eigenvalue weighted by atomic mass is 15.6. The van der Waals surface area contributed by atoms with Crippen LogP contribution in [-0.4, -0.2) is 22.9 Å². The van der Waals surface area contributed by atoms with Gasteiger partial charge in [-0.25, -0.2) is 5.43 Å². The number of nitriles is 1. The summed E-state index contributed by atoms with van der Waals surface area (Å²) in [5.41, 5.74) is 4.68. The van der Waals surface area contributed by atoms with Crippen LogP contribution in [0.4, 0.5) is 5.82 Å². The topological polar surface area (TPSA) is 56.9 Å². The zero-order chi connectivity index (χ0) is 10.1. The number of aryl methyl sites for hydroxylation is 2. The molecule has 1 aromatic heterocycles. The van der Waals surface area contributed by atoms with Crippen LogP contribution in [0.25, 0.3) is 0 Å². The summed E-state index contributed by atoms with van der Waals surface area (Å²) in [6, 6.07) is 2.20. The molecule has 0 radical (unpaired) electrons. The van der Waals surface area contributed by atoms with E-state index in [4.69, 9.17) is 5.26 Å². The van der Waals surface area contributed by atoms with Gasteiger partial charge < -0.3 is 0 Å². The molecule has 0 bridgehead atoms. The van der Waals surface area contributed by atoms with E-state index < -0.39 is 0 Å². The number of anilines is 1. The van der Waals surface area contributed by atoms with E-state index in [0.717, 1.165) is 31.0 Å². The minimum Gasteiger partial charge on any atom is -0.291 e. The summed E-state index contributed by atoms with van der Waals surface area (Å²) in [6.45, 7) is 3.76. The summed E-state index contributed by atoms with van der Waals surface area (Å²) in [6.07, 6.45) is 1.11. The fourth-order valence-corrected chi connectivity index (χ4v) is 1.80. The lowest BCUT2D eigenvalue weighted by atomic mass is 10.2. The van der Waals surface area contributed by atoms with Crippen molar-refractivity contribution in [3.8, 4) is 6.07 Å². The molecule has 1 N–H and O–H groups in total. The first-order valence-corrected chi connectivity index (χ1v) is 4.69. The lowest BCUT2D eigenvalue weighted by Crippen LogP contribution is -2.32. The molecule has 0 spiro atoms. The summed E-state index contributed by atoms with van der Waals surface area (Å²) in [4.78, 5) is 0. The van der Waals surface area contributed by atoms with E-state index in [1.807, 2.05) is 19.0 Å². The average Bonchev–Trinajstić information content (AvgIpc) is 2.72. The Kier molecular flexibility index (Phi) is 2.14. The van der Waals surface area contributed by atoms with E-state index in [2.05, 4.69) is 16.6 Å². The third-order valence-electron chi connectivity index (χ3n) is 2.42. The summed E-state index contributed by atoms with van der Waals surface area (Å²) in [5, 5.41) is 15.3. The molecule has 2 heterocycles. The third-order valence-corrected chi connectivity index (χ3v) is 2.42. The van der Waals surface area contributed by atoms with E-state index in [9.17, 15) is 0 Å². The number of nitrogens with one attached hydrogen (secondary N) is 1. The Balaban J connectivity index is 2.45. The molecule has 1 aliphatic heterocycles. The van der Waals surface area contributed by atoms with Crippen molar-refractivity contribution in [2.45, 2.75) is 13.3 Å². The van der Waals surface area contributed by atoms with Crippen LogP contribution >= 0.6 is 0 Å². The van der Waals surface area contributed by atoms with Crippen LogP contribution in [0.15, 0.2) is 0 Å². The fourth-order valence-electron chi connectivity index (χ4n) is 1.80. The van der Waals surface area contributed by atoms with E-state index >= 15 is 0 Å². The summed E-state index contributed by atoms with van der Waals surface area (Å²) in [7, 11) is 1.86. The Hall–Kier alpha value is -1.54. The zero-order valence-electron chi connectivity index (χ0n) is 8.41. The highest BCUT2D eigenvalue weighted by Gasteiger charge is 2.21. The Morgan fingerprint density at radius 2 is 2.36 bits per heavy atom. The second-order valence-corrected chi connectivity index (χ2v) is 3.43. The molecule has 0 atom stereocenters. The predicted molar refractivity (Wildman–Crippen MR) is 52.6 cm³/mol. The van der Waals surface area contributed by atoms with Crippen molar-refractivity contribution >= 4 is 5.82 Å². The Morgan fingerprint density at radius 1 is 1.57 bits per heavy atom. The number of hydrogen-bond donors (Lipinski definition) is 1. The van der Waals surface area contributed by atoms with Crippen LogP contribution in [0.3, 0.4) is 0 Å². The van der Waals surface area contributed by atoms with Gasteiger partial charge in [-0.2, -0.15) is 10.4 Å². The highest BCUT2D eigenvalue weighted by Crippen LogP contribution is 2.22. The molecule has 1 fully saturated rings. The van der Waals surface area contributed by atoms with E-state index in [1.165, 1.54) is 0 Å². The first-order chi connectivity index (χ1) is 6.74. The van der Waals surface area contributed by atoms with Gasteiger partial charge in [0.25, 0.3) is 0 Å². The van der Waals surface area contributed by atoms with Crippen LogP contribution in [0.2, 0.25) is 0 Å². The summed E-state index contributed by atoms with van der Waals surface area (Å²) < 4.78 is 1.76. The van der Waals surface area contributed by atoms with Crippen molar-refractivity contribution in [2.75, 3.05) is 18.1 Å². The molecule has 5 nitrogen and oxygen atoms in total. The average molecular weight is 191 g/mol. The minimum atomic E-state index is 0.668. The molecule has 0 aliphatic carbocycles. The number of hydrazine groups is 1. The first kappa shape index (κ1) is 9.03. The Bertz CT molecular complexity index is 381. The van der Waals surface area contributed by atoms with Crippen molar-refractivity contribution in [3.63, 3.8) is 0 Å². The molecule has 1 aromatic rings. The van der Waals surface area contributed by atoms with Crippen molar-refractivity contribution in [2.24, 2.45) is 7.05 Å². The fraction of sp³-hybridized carbons (Fsp3) is 0.556. The van der Waals surface area contributed by atoms with E-state index in [1.54, 1.807) is 4.68 Å². The number of nitrogens with zero attached hydrogens (tertiary/aromatic N) is 4. The molecule has 0 unspecified atom stereocenters. The zero-order valence-corrected chi connectivity index (χ0v) is 8.41. The second kappa shape index (κ2) is 3.31. The Labute approximate surface area is 82.9 Å². The van der Waals surface area contributed by atoms with Crippen molar-refractivity contribution in [3.05, 3.63) is 11.3 Å². The monoisotopic (exact) mass is 191 g/mol. The van der Waals surface area contributed by atoms with Crippen molar-refractivity contribution in [1.29, 1.82) is 5.26 Å². The molecule has 0 aromatic carbocycles. The lowest BCUT2D eigenvalue weighted by Gasteiger charge is -2.17. The standard InChI is InChI=1S/C9H13N5/c1-7-8(6-10)9(13(2)12-7)14-5-3-4-11-14/h11H,3-5H2,1-2H3. The van der Waals surface area contributed by atoms with E-state index in [0.29, 0.717) is 5.56 Å². The van der Waals surface area contributed by atoms with Gasteiger partial charge >= 0.3 is 0 Å². The van der Waals surface area contributed by atoms with Gasteiger partial charge in [0.2, 0.25) is 0 Å². The summed E-state index contributed by atoms with van der Waals surface area (Å²) in [5.74, 6) is 0.877. The smallest absolute Gasteiger partial charge is 0.159 e. The van der Waals surface area contributed by atoms with Gasteiger partial charge in [-0.1, -0.05) is 0 Å². The molecule has 2 rings (SSSR count). The molecule has 1 saturated heterocycles. The number of aromatic nitrogens is 2. The van der Waals surface area contributed by atoms with Crippen LogP contribution in [0.1, 0.15) is 17.7 Å². The molecule has 0 amide bonds. The number of hydrogen-bond acceptors (Lipinski definition) is 4. The molecular formula is C9H13N5. The maximum Gasteiger partial charge on any atom is 0.159 e. The van der Waals surface area contributed by atoms with Crippen LogP contribution in [0.5, 0.6) is 0 Å². The molecule has 74 valence electrons. The van der Waals surface area contributed by atoms with E-state index in [-0.39, 0.29) is 0 Å². The van der Waals surface area contributed by atoms with Gasteiger partial charge in [0.1, 0.15) is 11.6 Å². The highest BCUT2D eigenvalue weighted by molar-refractivity contribution is 5.56. The summed E-state index contributed by atoms with van der Waals surface area (Å²) >= 11 is 0. The van der Waals surface area contributed by atoms with Crippen molar-refractivity contribution < 1.29 is 0 Å². The normalized spacial score (nSPS) is 15.9. The van der Waals surface area contributed by atoms with Gasteiger partial charge in [0.15, 0.2) is 5.82 Å². The van der Waals surface area contributed by atoms with Crippen LogP contribution in [0, 0.1) is 18.3 Å². The number of rotatable bonds is 1. The van der Waals surface area contributed by atoms with Gasteiger partial charge in [-0.3, -0.25) is 9.69 Å². The van der Waals surface area contributed by atoms with Crippen molar-refractivity contribution in [1.82, 2.24) is 15.2 Å². The largest absolute Gasteiger partial charge is 0.291 e. The molecule has 5 heteroatoms. The second-order valence-electron chi connectivity index (χ2n) is 3.43. The van der Waals surface area contributed by atoms with Crippen LogP contribution in [-0.2, 0) is 7.05 Å². The lowest BCUT2D eigenvalue weighted by molar-refractivity contribution is 0.691. The van der Waals surface area contributed by atoms with Gasteiger partial charge in [0, 0.05) is 20.1 Å². The maximum atomic E-state index is 9.02. The third kappa shape index (κ3) is 1.24. The van der Waals surface area contributed by atoms with Gasteiger partial charge in [0.05, 0.1) is 5.69 Å². The molecule has 0 saturated carbocycles. The van der Waals surface area contributed by atoms with Gasteiger partial charge in [-0.05, 0) is 13.3 Å². The minimum absolute atomic E-state index is 0.668. The maximum absolute atomic E-state index is 9.02. The van der Waals surface area contributed by atoms with Crippen LogP contribution < -0.4 is 10.4 Å².